The van der Waals surface area contributed by atoms with E-state index in [1.165, 1.54) is 51.0 Å². The summed E-state index contributed by atoms with van der Waals surface area (Å²) in [6.07, 6.45) is 12.1. The molecule has 0 spiro atoms. The molecular weight excluding hydrogens is 275 g/mol. The van der Waals surface area contributed by atoms with E-state index in [2.05, 4.69) is 10.2 Å². The molecule has 1 saturated carbocycles. The van der Waals surface area contributed by atoms with Crippen molar-refractivity contribution in [2.45, 2.75) is 69.9 Å². The van der Waals surface area contributed by atoms with E-state index in [0.717, 1.165) is 32.0 Å². The highest BCUT2D eigenvalue weighted by molar-refractivity contribution is 5.45. The largest absolute Gasteiger partial charge is 0.380 e. The minimum absolute atomic E-state index is 0.134. The summed E-state index contributed by atoms with van der Waals surface area (Å²) in [5.74, 6) is -0.134. The monoisotopic (exact) mass is 304 g/mol. The molecule has 0 aromatic heterocycles. The van der Waals surface area contributed by atoms with Crippen molar-refractivity contribution in [1.29, 1.82) is 0 Å². The molecule has 1 N–H and O–H groups in total. The number of nitrogens with zero attached hydrogens (tertiary/aromatic N) is 1. The highest BCUT2D eigenvalue weighted by Gasteiger charge is 2.25. The number of rotatable bonds is 3. The van der Waals surface area contributed by atoms with Gasteiger partial charge in [-0.3, -0.25) is 0 Å². The number of para-hydroxylation sites is 1. The Morgan fingerprint density at radius 2 is 1.50 bits per heavy atom. The molecule has 3 rings (SSSR count). The van der Waals surface area contributed by atoms with Crippen molar-refractivity contribution in [2.24, 2.45) is 0 Å². The number of hydrogen-bond acceptors (Lipinski definition) is 2. The van der Waals surface area contributed by atoms with Crippen molar-refractivity contribution in [2.75, 3.05) is 18.4 Å². The predicted octanol–water partition coefficient (Wildman–Crippen LogP) is 4.81. The lowest BCUT2D eigenvalue weighted by atomic mass is 9.93. The third-order valence-corrected chi connectivity index (χ3v) is 5.35. The van der Waals surface area contributed by atoms with Crippen LogP contribution in [0.2, 0.25) is 0 Å². The van der Waals surface area contributed by atoms with Gasteiger partial charge in [-0.2, -0.15) is 0 Å². The van der Waals surface area contributed by atoms with Crippen LogP contribution in [0.3, 0.4) is 0 Å². The summed E-state index contributed by atoms with van der Waals surface area (Å²) in [5.41, 5.74) is 0.659. The van der Waals surface area contributed by atoms with Gasteiger partial charge in [-0.15, -0.1) is 0 Å². The molecule has 1 aliphatic heterocycles. The van der Waals surface area contributed by atoms with Gasteiger partial charge in [0.05, 0.1) is 5.69 Å². The second-order valence-electron chi connectivity index (χ2n) is 6.93. The first kappa shape index (κ1) is 15.8. The van der Waals surface area contributed by atoms with Crippen LogP contribution < -0.4 is 5.32 Å². The fraction of sp³-hybridized carbons (Fsp3) is 0.684. The van der Waals surface area contributed by atoms with Crippen LogP contribution in [0.4, 0.5) is 10.1 Å². The van der Waals surface area contributed by atoms with Crippen LogP contribution in [-0.4, -0.2) is 30.1 Å². The van der Waals surface area contributed by atoms with Crippen molar-refractivity contribution >= 4 is 5.69 Å². The van der Waals surface area contributed by atoms with Gasteiger partial charge in [0.25, 0.3) is 0 Å². The molecule has 122 valence electrons. The van der Waals surface area contributed by atoms with E-state index in [9.17, 15) is 4.39 Å². The maximum atomic E-state index is 13.7. The van der Waals surface area contributed by atoms with Crippen LogP contribution >= 0.6 is 0 Å². The summed E-state index contributed by atoms with van der Waals surface area (Å²) in [6.45, 7) is 2.33. The Labute approximate surface area is 134 Å². The Hall–Kier alpha value is -1.09. The fourth-order valence-electron chi connectivity index (χ4n) is 4.01. The van der Waals surface area contributed by atoms with E-state index in [4.69, 9.17) is 0 Å². The topological polar surface area (TPSA) is 15.3 Å². The average Bonchev–Trinajstić information content (AvgIpc) is 2.50. The molecule has 1 heterocycles. The molecule has 3 heteroatoms. The summed E-state index contributed by atoms with van der Waals surface area (Å²) < 4.78 is 13.7. The van der Waals surface area contributed by atoms with Crippen LogP contribution in [0.1, 0.15) is 57.8 Å². The second kappa shape index (κ2) is 7.96. The van der Waals surface area contributed by atoms with Gasteiger partial charge in [-0.1, -0.05) is 44.2 Å². The van der Waals surface area contributed by atoms with Crippen LogP contribution in [0.25, 0.3) is 0 Å². The highest BCUT2D eigenvalue weighted by atomic mass is 19.1. The van der Waals surface area contributed by atoms with Gasteiger partial charge in [0.15, 0.2) is 0 Å². The predicted molar refractivity (Wildman–Crippen MR) is 90.7 cm³/mol. The molecule has 1 aromatic rings. The average molecular weight is 304 g/mol. The summed E-state index contributed by atoms with van der Waals surface area (Å²) in [5, 5.41) is 3.39. The molecule has 1 aliphatic carbocycles. The van der Waals surface area contributed by atoms with Crippen molar-refractivity contribution in [3.8, 4) is 0 Å². The summed E-state index contributed by atoms with van der Waals surface area (Å²) in [6, 6.07) is 8.24. The third kappa shape index (κ3) is 4.22. The SMILES string of the molecule is Fc1ccccc1NC1CCN(C2CCCCCCC2)CC1. The Morgan fingerprint density at radius 1 is 0.864 bits per heavy atom. The van der Waals surface area contributed by atoms with Gasteiger partial charge in [0, 0.05) is 25.2 Å². The first-order chi connectivity index (χ1) is 10.8. The van der Waals surface area contributed by atoms with Gasteiger partial charge in [-0.05, 0) is 37.8 Å². The zero-order valence-electron chi connectivity index (χ0n) is 13.6. The minimum atomic E-state index is -0.134. The molecular formula is C19H29FN2. The number of halogens is 1. The molecule has 0 amide bonds. The number of nitrogens with one attached hydrogen (secondary N) is 1. The Balaban J connectivity index is 1.48. The van der Waals surface area contributed by atoms with Crippen molar-refractivity contribution < 1.29 is 4.39 Å². The maximum Gasteiger partial charge on any atom is 0.146 e. The Morgan fingerprint density at radius 3 is 2.18 bits per heavy atom. The smallest absolute Gasteiger partial charge is 0.146 e. The molecule has 0 atom stereocenters. The van der Waals surface area contributed by atoms with E-state index < -0.39 is 0 Å². The van der Waals surface area contributed by atoms with E-state index >= 15 is 0 Å². The number of piperidine rings is 1. The molecule has 2 nitrogen and oxygen atoms in total. The first-order valence-electron chi connectivity index (χ1n) is 9.08. The lowest BCUT2D eigenvalue weighted by Gasteiger charge is -2.39. The molecule has 0 radical (unpaired) electrons. The van der Waals surface area contributed by atoms with Crippen LogP contribution in [0, 0.1) is 5.82 Å². The molecule has 0 bridgehead atoms. The van der Waals surface area contributed by atoms with Crippen LogP contribution in [0.15, 0.2) is 24.3 Å². The Bertz CT molecular complexity index is 447. The number of benzene rings is 1. The summed E-state index contributed by atoms with van der Waals surface area (Å²) in [4.78, 5) is 2.70. The lowest BCUT2D eigenvalue weighted by molar-refractivity contribution is 0.133. The highest BCUT2D eigenvalue weighted by Crippen LogP contribution is 2.25. The standard InChI is InChI=1S/C19H29FN2/c20-18-10-6-7-11-19(18)21-16-12-14-22(15-13-16)17-8-4-2-1-3-5-9-17/h6-7,10-11,16-17,21H,1-5,8-9,12-15H2. The van der Waals surface area contributed by atoms with Gasteiger partial charge in [0.1, 0.15) is 5.82 Å². The van der Waals surface area contributed by atoms with E-state index in [0.29, 0.717) is 11.7 Å². The number of anilines is 1. The van der Waals surface area contributed by atoms with Crippen molar-refractivity contribution in [3.05, 3.63) is 30.1 Å². The normalized spacial score (nSPS) is 23.0. The van der Waals surface area contributed by atoms with E-state index in [1.54, 1.807) is 6.07 Å². The van der Waals surface area contributed by atoms with Crippen molar-refractivity contribution in [1.82, 2.24) is 4.90 Å². The third-order valence-electron chi connectivity index (χ3n) is 5.35. The second-order valence-corrected chi connectivity index (χ2v) is 6.93. The zero-order chi connectivity index (χ0) is 15.2. The summed E-state index contributed by atoms with van der Waals surface area (Å²) >= 11 is 0. The number of hydrogen-bond donors (Lipinski definition) is 1. The molecule has 1 saturated heterocycles. The molecule has 1 aromatic carbocycles. The molecule has 2 fully saturated rings. The first-order valence-corrected chi connectivity index (χ1v) is 9.08. The van der Waals surface area contributed by atoms with Crippen molar-refractivity contribution in [3.63, 3.8) is 0 Å². The molecule has 2 aliphatic rings. The van der Waals surface area contributed by atoms with Crippen LogP contribution in [-0.2, 0) is 0 Å². The van der Waals surface area contributed by atoms with Gasteiger partial charge in [-0.25, -0.2) is 4.39 Å². The number of likely N-dealkylation sites (tertiary alicyclic amines) is 1. The lowest BCUT2D eigenvalue weighted by Crippen LogP contribution is -2.44. The maximum absolute atomic E-state index is 13.7. The fourth-order valence-corrected chi connectivity index (χ4v) is 4.01. The van der Waals surface area contributed by atoms with Gasteiger partial charge < -0.3 is 10.2 Å². The minimum Gasteiger partial charge on any atom is -0.380 e. The summed E-state index contributed by atoms with van der Waals surface area (Å²) in [7, 11) is 0. The van der Waals surface area contributed by atoms with Crippen LogP contribution in [0.5, 0.6) is 0 Å². The Kier molecular flexibility index (Phi) is 5.71. The van der Waals surface area contributed by atoms with Gasteiger partial charge >= 0.3 is 0 Å². The zero-order valence-corrected chi connectivity index (χ0v) is 13.6. The molecule has 22 heavy (non-hydrogen) atoms. The van der Waals surface area contributed by atoms with E-state index in [-0.39, 0.29) is 5.82 Å². The van der Waals surface area contributed by atoms with E-state index in [1.807, 2.05) is 12.1 Å². The van der Waals surface area contributed by atoms with Gasteiger partial charge in [0.2, 0.25) is 0 Å². The molecule has 0 unspecified atom stereocenters. The quantitative estimate of drug-likeness (QED) is 0.861.